The average Bonchev–Trinajstić information content (AvgIpc) is 3.04. The molecule has 0 saturated heterocycles. The second-order valence-electron chi connectivity index (χ2n) is 7.62. The van der Waals surface area contributed by atoms with Gasteiger partial charge in [0.1, 0.15) is 0 Å². The molecule has 1 aromatic heterocycles. The van der Waals surface area contributed by atoms with Gasteiger partial charge in [-0.15, -0.1) is 0 Å². The van der Waals surface area contributed by atoms with Crippen molar-refractivity contribution >= 4 is 27.3 Å². The molecule has 0 fully saturated rings. The first-order chi connectivity index (χ1) is 14.2. The van der Waals surface area contributed by atoms with E-state index in [2.05, 4.69) is 10.4 Å². The van der Waals surface area contributed by atoms with Crippen LogP contribution in [0, 0.1) is 13.8 Å². The lowest BCUT2D eigenvalue weighted by Gasteiger charge is -2.29. The number of rotatable bonds is 4. The molecule has 8 heteroatoms. The maximum absolute atomic E-state index is 12.7. The van der Waals surface area contributed by atoms with E-state index in [0.29, 0.717) is 23.5 Å². The molecule has 0 atom stereocenters. The predicted molar refractivity (Wildman–Crippen MR) is 118 cm³/mol. The second-order valence-corrected chi connectivity index (χ2v) is 9.53. The molecule has 0 unspecified atom stereocenters. The molecule has 1 aliphatic heterocycles. The molecule has 0 saturated carbocycles. The van der Waals surface area contributed by atoms with Crippen LogP contribution in [0.4, 0.5) is 11.4 Å². The molecule has 0 spiro atoms. The fourth-order valence-corrected chi connectivity index (χ4v) is 4.80. The van der Waals surface area contributed by atoms with Crippen molar-refractivity contribution in [2.75, 3.05) is 22.4 Å². The predicted octanol–water partition coefficient (Wildman–Crippen LogP) is 3.45. The minimum Gasteiger partial charge on any atom is -0.322 e. The van der Waals surface area contributed by atoms with Crippen molar-refractivity contribution in [3.63, 3.8) is 0 Å². The number of anilines is 2. The zero-order chi connectivity index (χ0) is 21.5. The van der Waals surface area contributed by atoms with Gasteiger partial charge in [0.2, 0.25) is 10.0 Å². The molecule has 0 radical (unpaired) electrons. The summed E-state index contributed by atoms with van der Waals surface area (Å²) in [5.74, 6) is -0.253. The maximum Gasteiger partial charge on any atom is 0.255 e. The highest BCUT2D eigenvalue weighted by molar-refractivity contribution is 7.92. The Labute approximate surface area is 176 Å². The summed E-state index contributed by atoms with van der Waals surface area (Å²) in [5.41, 5.74) is 5.53. The number of amides is 1. The summed E-state index contributed by atoms with van der Waals surface area (Å²) in [7, 11) is -3.36. The fraction of sp³-hybridized carbons (Fsp3) is 0.273. The third-order valence-corrected chi connectivity index (χ3v) is 6.38. The summed E-state index contributed by atoms with van der Waals surface area (Å²) in [6.45, 7) is 4.38. The molecule has 30 heavy (non-hydrogen) atoms. The third kappa shape index (κ3) is 3.95. The molecule has 3 aromatic rings. The third-order valence-electron chi connectivity index (χ3n) is 5.20. The number of nitrogens with zero attached hydrogens (tertiary/aromatic N) is 3. The van der Waals surface area contributed by atoms with E-state index in [1.165, 1.54) is 10.6 Å². The van der Waals surface area contributed by atoms with E-state index in [4.69, 9.17) is 0 Å². The highest BCUT2D eigenvalue weighted by atomic mass is 32.2. The number of carbonyl (C=O) groups is 1. The highest BCUT2D eigenvalue weighted by Gasteiger charge is 2.24. The van der Waals surface area contributed by atoms with Crippen LogP contribution in [0.15, 0.2) is 48.5 Å². The molecule has 2 aromatic carbocycles. The Kier molecular flexibility index (Phi) is 5.11. The molecule has 2 heterocycles. The van der Waals surface area contributed by atoms with Gasteiger partial charge in [0.25, 0.3) is 5.91 Å². The normalized spacial score (nSPS) is 13.8. The van der Waals surface area contributed by atoms with Gasteiger partial charge in [0.05, 0.1) is 23.3 Å². The number of benzene rings is 2. The van der Waals surface area contributed by atoms with Gasteiger partial charge in [0.15, 0.2) is 0 Å². The van der Waals surface area contributed by atoms with Gasteiger partial charge < -0.3 is 5.32 Å². The van der Waals surface area contributed by atoms with Crippen molar-refractivity contribution in [3.8, 4) is 5.69 Å². The van der Waals surface area contributed by atoms with Gasteiger partial charge in [-0.3, -0.25) is 9.10 Å². The average molecular weight is 425 g/mol. The Morgan fingerprint density at radius 1 is 1.07 bits per heavy atom. The molecule has 1 aliphatic rings. The molecular weight excluding hydrogens is 400 g/mol. The molecule has 0 aliphatic carbocycles. The number of aromatic nitrogens is 2. The molecule has 156 valence electrons. The fourth-order valence-electron chi connectivity index (χ4n) is 3.81. The first kappa shape index (κ1) is 20.2. The van der Waals surface area contributed by atoms with Crippen LogP contribution in [0.2, 0.25) is 0 Å². The molecule has 1 amide bonds. The molecule has 0 bridgehead atoms. The van der Waals surface area contributed by atoms with E-state index in [1.807, 2.05) is 48.9 Å². The largest absolute Gasteiger partial charge is 0.322 e. The standard InChI is InChI=1S/C22H24N4O3S/c1-15-13-16(2)26(24-15)20-10-7-18(8-11-20)22(27)23-19-9-6-17-5-4-12-25(21(17)14-19)30(3,28)29/h6-11,13-14H,4-5,12H2,1-3H3,(H,23,27). The lowest BCUT2D eigenvalue weighted by molar-refractivity contribution is 0.102. The van der Waals surface area contributed by atoms with Gasteiger partial charge in [-0.05, 0) is 74.7 Å². The number of sulfonamides is 1. The minimum atomic E-state index is -3.36. The summed E-state index contributed by atoms with van der Waals surface area (Å²) in [4.78, 5) is 12.7. The SMILES string of the molecule is Cc1cc(C)n(-c2ccc(C(=O)Nc3ccc4c(c3)N(S(C)(=O)=O)CCC4)cc2)n1. The molecule has 1 N–H and O–H groups in total. The quantitative estimate of drug-likeness (QED) is 0.695. The lowest BCUT2D eigenvalue weighted by atomic mass is 10.0. The van der Waals surface area contributed by atoms with Crippen LogP contribution in [0.1, 0.15) is 33.7 Å². The van der Waals surface area contributed by atoms with E-state index in [-0.39, 0.29) is 5.91 Å². The van der Waals surface area contributed by atoms with Gasteiger partial charge in [0, 0.05) is 23.5 Å². The Bertz CT molecular complexity index is 1210. The topological polar surface area (TPSA) is 84.3 Å². The van der Waals surface area contributed by atoms with Gasteiger partial charge in [-0.2, -0.15) is 5.10 Å². The summed E-state index contributed by atoms with van der Waals surface area (Å²) in [6, 6.07) is 14.6. The minimum absolute atomic E-state index is 0.253. The number of hydrogen-bond acceptors (Lipinski definition) is 4. The van der Waals surface area contributed by atoms with Gasteiger partial charge >= 0.3 is 0 Å². The Morgan fingerprint density at radius 3 is 2.43 bits per heavy atom. The van der Waals surface area contributed by atoms with Gasteiger partial charge in [-0.25, -0.2) is 13.1 Å². The highest BCUT2D eigenvalue weighted by Crippen LogP contribution is 2.31. The monoisotopic (exact) mass is 424 g/mol. The number of aryl methyl sites for hydroxylation is 3. The van der Waals surface area contributed by atoms with Crippen molar-refractivity contribution in [2.45, 2.75) is 26.7 Å². The smallest absolute Gasteiger partial charge is 0.255 e. The van der Waals surface area contributed by atoms with Crippen LogP contribution in [-0.4, -0.2) is 36.9 Å². The van der Waals surface area contributed by atoms with Crippen LogP contribution in [0.5, 0.6) is 0 Å². The van der Waals surface area contributed by atoms with Crippen molar-refractivity contribution in [1.29, 1.82) is 0 Å². The molecular formula is C22H24N4O3S. The first-order valence-electron chi connectivity index (χ1n) is 9.78. The summed E-state index contributed by atoms with van der Waals surface area (Å²) in [5, 5.41) is 7.33. The first-order valence-corrected chi connectivity index (χ1v) is 11.6. The summed E-state index contributed by atoms with van der Waals surface area (Å²) >= 11 is 0. The van der Waals surface area contributed by atoms with Gasteiger partial charge in [-0.1, -0.05) is 6.07 Å². The van der Waals surface area contributed by atoms with Crippen molar-refractivity contribution in [2.24, 2.45) is 0 Å². The maximum atomic E-state index is 12.7. The van der Waals surface area contributed by atoms with Crippen LogP contribution < -0.4 is 9.62 Å². The zero-order valence-corrected chi connectivity index (χ0v) is 18.0. The summed E-state index contributed by atoms with van der Waals surface area (Å²) in [6.07, 6.45) is 2.81. The Balaban J connectivity index is 1.55. The van der Waals surface area contributed by atoms with Crippen LogP contribution in [-0.2, 0) is 16.4 Å². The number of hydrogen-bond donors (Lipinski definition) is 1. The van der Waals surface area contributed by atoms with E-state index < -0.39 is 10.0 Å². The number of nitrogens with one attached hydrogen (secondary N) is 1. The zero-order valence-electron chi connectivity index (χ0n) is 17.2. The lowest BCUT2D eigenvalue weighted by Crippen LogP contribution is -2.34. The van der Waals surface area contributed by atoms with Crippen LogP contribution in [0.25, 0.3) is 5.69 Å². The van der Waals surface area contributed by atoms with E-state index in [9.17, 15) is 13.2 Å². The Hall–Kier alpha value is -3.13. The van der Waals surface area contributed by atoms with E-state index >= 15 is 0 Å². The van der Waals surface area contributed by atoms with Crippen LogP contribution >= 0.6 is 0 Å². The van der Waals surface area contributed by atoms with Crippen molar-refractivity contribution in [3.05, 3.63) is 71.0 Å². The number of fused-ring (bicyclic) bond motifs is 1. The van der Waals surface area contributed by atoms with E-state index in [1.54, 1.807) is 18.2 Å². The van der Waals surface area contributed by atoms with Crippen molar-refractivity contribution < 1.29 is 13.2 Å². The second kappa shape index (κ2) is 7.60. The molecule has 4 rings (SSSR count). The van der Waals surface area contributed by atoms with Crippen molar-refractivity contribution in [1.82, 2.24) is 9.78 Å². The summed E-state index contributed by atoms with van der Waals surface area (Å²) < 4.78 is 27.5. The van der Waals surface area contributed by atoms with Crippen LogP contribution in [0.3, 0.4) is 0 Å². The Morgan fingerprint density at radius 2 is 1.80 bits per heavy atom. The van der Waals surface area contributed by atoms with E-state index in [0.717, 1.165) is 35.5 Å². The molecule has 7 nitrogen and oxygen atoms in total. The number of carbonyl (C=O) groups excluding carboxylic acids is 1.